The van der Waals surface area contributed by atoms with Crippen LogP contribution in [-0.2, 0) is 12.6 Å². The number of aliphatic imine (C=N–C) groups is 1. The van der Waals surface area contributed by atoms with Gasteiger partial charge in [0.15, 0.2) is 5.96 Å². The fraction of sp³-hybridized carbons (Fsp3) is 0.364. The molecule has 0 bridgehead atoms. The number of rotatable bonds is 9. The van der Waals surface area contributed by atoms with Crippen LogP contribution in [-0.4, -0.2) is 45.2 Å². The minimum atomic E-state index is -4.36. The minimum absolute atomic E-state index is 0.131. The third-order valence-corrected chi connectivity index (χ3v) is 4.28. The largest absolute Gasteiger partial charge is 0.492 e. The Bertz CT molecular complexity index is 868. The van der Waals surface area contributed by atoms with Gasteiger partial charge in [0.25, 0.3) is 5.91 Å². The van der Waals surface area contributed by atoms with Crippen molar-refractivity contribution in [3.05, 3.63) is 65.2 Å². The van der Waals surface area contributed by atoms with Gasteiger partial charge in [0.2, 0.25) is 0 Å². The van der Waals surface area contributed by atoms with Crippen molar-refractivity contribution in [2.45, 2.75) is 19.5 Å². The number of carbonyl (C=O) groups is 1. The molecule has 0 saturated heterocycles. The van der Waals surface area contributed by atoms with Crippen molar-refractivity contribution < 1.29 is 22.7 Å². The first-order chi connectivity index (χ1) is 14.8. The summed E-state index contributed by atoms with van der Waals surface area (Å²) in [6.45, 7) is 3.84. The summed E-state index contributed by atoms with van der Waals surface area (Å²) in [4.78, 5) is 16.2. The normalized spacial score (nSPS) is 11.7. The van der Waals surface area contributed by atoms with Crippen molar-refractivity contribution in [2.24, 2.45) is 4.99 Å². The molecule has 0 heterocycles. The van der Waals surface area contributed by atoms with Gasteiger partial charge in [-0.25, -0.2) is 0 Å². The molecule has 0 unspecified atom stereocenters. The van der Waals surface area contributed by atoms with Crippen molar-refractivity contribution >= 4 is 11.9 Å². The van der Waals surface area contributed by atoms with E-state index >= 15 is 0 Å². The van der Waals surface area contributed by atoms with Crippen LogP contribution in [0.15, 0.2) is 53.5 Å². The third kappa shape index (κ3) is 8.19. The van der Waals surface area contributed by atoms with Crippen LogP contribution in [0, 0.1) is 0 Å². The summed E-state index contributed by atoms with van der Waals surface area (Å²) in [7, 11) is 1.59. The summed E-state index contributed by atoms with van der Waals surface area (Å²) in [5, 5.41) is 8.85. The summed E-state index contributed by atoms with van der Waals surface area (Å²) < 4.78 is 43.2. The molecular formula is C22H27F3N4O2. The molecule has 168 valence electrons. The number of guanidine groups is 1. The fourth-order valence-electron chi connectivity index (χ4n) is 2.73. The molecule has 0 aliphatic rings. The van der Waals surface area contributed by atoms with Gasteiger partial charge < -0.3 is 20.7 Å². The summed E-state index contributed by atoms with van der Waals surface area (Å²) in [6.07, 6.45) is -3.69. The van der Waals surface area contributed by atoms with Crippen molar-refractivity contribution in [3.8, 4) is 5.75 Å². The second-order valence-electron chi connectivity index (χ2n) is 6.59. The molecule has 2 aromatic rings. The molecular weight excluding hydrogens is 409 g/mol. The van der Waals surface area contributed by atoms with Crippen molar-refractivity contribution in [2.75, 3.05) is 33.3 Å². The Labute approximate surface area is 179 Å². The van der Waals surface area contributed by atoms with E-state index in [1.54, 1.807) is 13.1 Å². The van der Waals surface area contributed by atoms with E-state index in [2.05, 4.69) is 20.9 Å². The Morgan fingerprint density at radius 2 is 1.84 bits per heavy atom. The predicted octanol–water partition coefficient (Wildman–Crippen LogP) is 3.24. The Morgan fingerprint density at radius 1 is 1.10 bits per heavy atom. The van der Waals surface area contributed by atoms with Gasteiger partial charge in [0.1, 0.15) is 12.4 Å². The van der Waals surface area contributed by atoms with E-state index in [-0.39, 0.29) is 12.5 Å². The molecule has 0 aromatic heterocycles. The highest BCUT2D eigenvalue weighted by Crippen LogP contribution is 2.30. The zero-order valence-corrected chi connectivity index (χ0v) is 17.6. The molecule has 0 aliphatic carbocycles. The second-order valence-corrected chi connectivity index (χ2v) is 6.59. The van der Waals surface area contributed by atoms with Crippen LogP contribution in [0.5, 0.6) is 5.75 Å². The van der Waals surface area contributed by atoms with Crippen LogP contribution >= 0.6 is 0 Å². The maximum atomic E-state index is 12.6. The van der Waals surface area contributed by atoms with Crippen LogP contribution in [0.2, 0.25) is 0 Å². The van der Waals surface area contributed by atoms with E-state index < -0.39 is 11.7 Å². The van der Waals surface area contributed by atoms with E-state index in [1.165, 1.54) is 12.1 Å². The number of ether oxygens (including phenoxy) is 1. The lowest BCUT2D eigenvalue weighted by Gasteiger charge is -2.13. The molecule has 1 amide bonds. The van der Waals surface area contributed by atoms with Gasteiger partial charge in [-0.1, -0.05) is 12.1 Å². The van der Waals surface area contributed by atoms with E-state index in [9.17, 15) is 18.0 Å². The van der Waals surface area contributed by atoms with E-state index in [4.69, 9.17) is 4.74 Å². The van der Waals surface area contributed by atoms with Gasteiger partial charge in [-0.2, -0.15) is 13.2 Å². The molecule has 0 saturated carbocycles. The van der Waals surface area contributed by atoms with Crippen molar-refractivity contribution in [1.29, 1.82) is 0 Å². The topological polar surface area (TPSA) is 74.8 Å². The summed E-state index contributed by atoms with van der Waals surface area (Å²) >= 11 is 0. The van der Waals surface area contributed by atoms with Crippen molar-refractivity contribution in [3.63, 3.8) is 0 Å². The molecule has 0 aliphatic heterocycles. The van der Waals surface area contributed by atoms with Crippen LogP contribution in [0.25, 0.3) is 0 Å². The Kier molecular flexibility index (Phi) is 9.17. The Balaban J connectivity index is 1.80. The first-order valence-electron chi connectivity index (χ1n) is 9.96. The van der Waals surface area contributed by atoms with Crippen LogP contribution in [0.1, 0.15) is 28.4 Å². The Morgan fingerprint density at radius 3 is 2.48 bits per heavy atom. The van der Waals surface area contributed by atoms with Gasteiger partial charge in [0.05, 0.1) is 12.1 Å². The average Bonchev–Trinajstić information content (AvgIpc) is 2.76. The number of amides is 1. The number of hydrogen-bond acceptors (Lipinski definition) is 3. The fourth-order valence-corrected chi connectivity index (χ4v) is 2.73. The quantitative estimate of drug-likeness (QED) is 0.321. The highest BCUT2D eigenvalue weighted by Gasteiger charge is 2.29. The Hall–Kier alpha value is -3.23. The highest BCUT2D eigenvalue weighted by molar-refractivity contribution is 5.94. The molecule has 31 heavy (non-hydrogen) atoms. The van der Waals surface area contributed by atoms with Gasteiger partial charge >= 0.3 is 6.18 Å². The average molecular weight is 436 g/mol. The summed E-state index contributed by atoms with van der Waals surface area (Å²) in [5.41, 5.74) is 0.904. The van der Waals surface area contributed by atoms with Crippen LogP contribution in [0.3, 0.4) is 0 Å². The highest BCUT2D eigenvalue weighted by atomic mass is 19.4. The van der Waals surface area contributed by atoms with Crippen LogP contribution < -0.4 is 20.7 Å². The lowest BCUT2D eigenvalue weighted by atomic mass is 10.1. The molecule has 0 spiro atoms. The first kappa shape index (κ1) is 24.0. The third-order valence-electron chi connectivity index (χ3n) is 4.28. The lowest BCUT2D eigenvalue weighted by molar-refractivity contribution is -0.137. The number of alkyl halides is 3. The molecule has 6 nitrogen and oxygen atoms in total. The van der Waals surface area contributed by atoms with E-state index in [1.807, 2.05) is 25.1 Å². The maximum absolute atomic E-state index is 12.6. The molecule has 3 N–H and O–H groups in total. The predicted molar refractivity (Wildman–Crippen MR) is 114 cm³/mol. The molecule has 0 radical (unpaired) electrons. The number of hydrogen-bond donors (Lipinski definition) is 3. The van der Waals surface area contributed by atoms with Crippen LogP contribution in [0.4, 0.5) is 13.2 Å². The standard InChI is InChI=1S/C22H27F3N4O2/c1-3-27-21(28-12-11-16-5-4-6-17(15-16)20(30)26-2)29-13-14-31-19-9-7-18(8-10-19)22(23,24)25/h4-10,15H,3,11-14H2,1-2H3,(H,26,30)(H2,27,28,29). The first-order valence-corrected chi connectivity index (χ1v) is 9.96. The summed E-state index contributed by atoms with van der Waals surface area (Å²) in [5.74, 6) is 0.849. The number of nitrogens with zero attached hydrogens (tertiary/aromatic N) is 1. The zero-order valence-electron chi connectivity index (χ0n) is 17.6. The van der Waals surface area contributed by atoms with Gasteiger partial charge in [-0.15, -0.1) is 0 Å². The number of carbonyl (C=O) groups excluding carboxylic acids is 1. The molecule has 9 heteroatoms. The monoisotopic (exact) mass is 436 g/mol. The van der Waals surface area contributed by atoms with E-state index in [0.29, 0.717) is 43.3 Å². The number of benzene rings is 2. The molecule has 2 aromatic carbocycles. The minimum Gasteiger partial charge on any atom is -0.492 e. The maximum Gasteiger partial charge on any atom is 0.416 e. The molecule has 0 atom stereocenters. The zero-order chi connectivity index (χ0) is 22.7. The van der Waals surface area contributed by atoms with Gasteiger partial charge in [-0.05, 0) is 55.3 Å². The van der Waals surface area contributed by atoms with Gasteiger partial charge in [0, 0.05) is 25.7 Å². The second kappa shape index (κ2) is 11.8. The SMILES string of the molecule is CCNC(=NCCc1cccc(C(=O)NC)c1)NCCOc1ccc(C(F)(F)F)cc1. The lowest BCUT2D eigenvalue weighted by Crippen LogP contribution is -2.39. The molecule has 2 rings (SSSR count). The summed E-state index contributed by atoms with van der Waals surface area (Å²) in [6, 6.07) is 12.0. The number of nitrogens with one attached hydrogen (secondary N) is 3. The number of halogens is 3. The van der Waals surface area contributed by atoms with E-state index in [0.717, 1.165) is 17.7 Å². The van der Waals surface area contributed by atoms with Gasteiger partial charge in [-0.3, -0.25) is 9.79 Å². The smallest absolute Gasteiger partial charge is 0.416 e. The van der Waals surface area contributed by atoms with Crippen molar-refractivity contribution in [1.82, 2.24) is 16.0 Å². The molecule has 0 fully saturated rings.